The largest absolute Gasteiger partial charge is 0.496 e. The van der Waals surface area contributed by atoms with E-state index in [1.165, 1.54) is 0 Å². The second-order valence-corrected chi connectivity index (χ2v) is 5.04. The van der Waals surface area contributed by atoms with E-state index in [2.05, 4.69) is 16.4 Å². The van der Waals surface area contributed by atoms with E-state index in [0.29, 0.717) is 17.8 Å². The van der Waals surface area contributed by atoms with Gasteiger partial charge in [0.2, 0.25) is 0 Å². The highest BCUT2D eigenvalue weighted by Gasteiger charge is 2.13. The molecule has 3 N–H and O–H groups in total. The van der Waals surface area contributed by atoms with Crippen LogP contribution in [-0.4, -0.2) is 12.1 Å². The molecule has 0 aliphatic carbocycles. The van der Waals surface area contributed by atoms with Gasteiger partial charge in [0, 0.05) is 17.5 Å². The summed E-state index contributed by atoms with van der Waals surface area (Å²) in [6.45, 7) is 0.520. The standard InChI is InChI=1S/C18H16N4O/c1-23-16-9-5-2-6-12(16)11-21-17-13-7-3-4-8-15(13)22-18(20)14(17)10-19/h2-9H,11H2,1H3,(H3,20,21,22). The van der Waals surface area contributed by atoms with Crippen molar-refractivity contribution in [3.8, 4) is 11.8 Å². The number of fused-ring (bicyclic) bond motifs is 1. The monoisotopic (exact) mass is 304 g/mol. The fraction of sp³-hybridized carbons (Fsp3) is 0.111. The Morgan fingerprint density at radius 3 is 2.70 bits per heavy atom. The Bertz CT molecular complexity index is 899. The van der Waals surface area contributed by atoms with Gasteiger partial charge in [-0.1, -0.05) is 36.4 Å². The second-order valence-electron chi connectivity index (χ2n) is 5.04. The highest BCUT2D eigenvalue weighted by atomic mass is 16.5. The number of nitrogens with zero attached hydrogens (tertiary/aromatic N) is 2. The predicted molar refractivity (Wildman–Crippen MR) is 91.2 cm³/mol. The number of methoxy groups -OCH3 is 1. The number of pyridine rings is 1. The van der Waals surface area contributed by atoms with Gasteiger partial charge in [-0.25, -0.2) is 4.98 Å². The average molecular weight is 304 g/mol. The van der Waals surface area contributed by atoms with Crippen molar-refractivity contribution in [2.75, 3.05) is 18.2 Å². The van der Waals surface area contributed by atoms with E-state index >= 15 is 0 Å². The zero-order valence-corrected chi connectivity index (χ0v) is 12.7. The Morgan fingerprint density at radius 2 is 1.91 bits per heavy atom. The number of para-hydroxylation sites is 2. The first kappa shape index (κ1) is 14.7. The maximum absolute atomic E-state index is 9.42. The summed E-state index contributed by atoms with van der Waals surface area (Å²) < 4.78 is 5.36. The molecule has 0 unspecified atom stereocenters. The van der Waals surface area contributed by atoms with Crippen LogP contribution in [0.5, 0.6) is 5.75 Å². The van der Waals surface area contributed by atoms with Crippen LogP contribution < -0.4 is 15.8 Å². The van der Waals surface area contributed by atoms with Crippen LogP contribution in [0.15, 0.2) is 48.5 Å². The number of nitrogens with one attached hydrogen (secondary N) is 1. The van der Waals surface area contributed by atoms with E-state index in [0.717, 1.165) is 22.2 Å². The molecule has 0 aliphatic rings. The van der Waals surface area contributed by atoms with Crippen LogP contribution in [-0.2, 0) is 6.54 Å². The molecule has 1 aromatic heterocycles. The van der Waals surface area contributed by atoms with Crippen molar-refractivity contribution in [3.63, 3.8) is 0 Å². The molecule has 0 spiro atoms. The van der Waals surface area contributed by atoms with Crippen molar-refractivity contribution >= 4 is 22.4 Å². The lowest BCUT2D eigenvalue weighted by Gasteiger charge is -2.14. The summed E-state index contributed by atoms with van der Waals surface area (Å²) >= 11 is 0. The summed E-state index contributed by atoms with van der Waals surface area (Å²) in [5.41, 5.74) is 8.73. The Labute approximate surface area is 134 Å². The van der Waals surface area contributed by atoms with E-state index in [-0.39, 0.29) is 5.82 Å². The smallest absolute Gasteiger partial charge is 0.144 e. The van der Waals surface area contributed by atoms with Crippen molar-refractivity contribution in [1.29, 1.82) is 5.26 Å². The molecule has 23 heavy (non-hydrogen) atoms. The Hall–Kier alpha value is -3.26. The summed E-state index contributed by atoms with van der Waals surface area (Å²) in [6, 6.07) is 17.5. The number of benzene rings is 2. The minimum absolute atomic E-state index is 0.230. The van der Waals surface area contributed by atoms with Crippen molar-refractivity contribution in [1.82, 2.24) is 4.98 Å². The molecule has 1 heterocycles. The van der Waals surface area contributed by atoms with Crippen LogP contribution in [0.1, 0.15) is 11.1 Å². The number of aromatic nitrogens is 1. The molecule has 2 aromatic carbocycles. The molecule has 0 aliphatic heterocycles. The van der Waals surface area contributed by atoms with Crippen LogP contribution in [0.25, 0.3) is 10.9 Å². The third kappa shape index (κ3) is 2.74. The first-order valence-electron chi connectivity index (χ1n) is 7.18. The zero-order chi connectivity index (χ0) is 16.2. The van der Waals surface area contributed by atoms with Gasteiger partial charge in [0.15, 0.2) is 0 Å². The minimum atomic E-state index is 0.230. The van der Waals surface area contributed by atoms with Gasteiger partial charge < -0.3 is 15.8 Å². The van der Waals surface area contributed by atoms with Crippen LogP contribution >= 0.6 is 0 Å². The molecule has 114 valence electrons. The molecule has 0 fully saturated rings. The Balaban J connectivity index is 2.04. The Morgan fingerprint density at radius 1 is 1.17 bits per heavy atom. The molecule has 0 saturated heterocycles. The quantitative estimate of drug-likeness (QED) is 0.772. The fourth-order valence-electron chi connectivity index (χ4n) is 2.56. The SMILES string of the molecule is COc1ccccc1CNc1c(C#N)c(N)nc2ccccc12. The number of ether oxygens (including phenoxy) is 1. The van der Waals surface area contributed by atoms with Gasteiger partial charge in [-0.05, 0) is 12.1 Å². The van der Waals surface area contributed by atoms with E-state index in [1.54, 1.807) is 7.11 Å². The molecule has 0 atom stereocenters. The lowest BCUT2D eigenvalue weighted by Crippen LogP contribution is -2.06. The van der Waals surface area contributed by atoms with Crippen LogP contribution in [0.4, 0.5) is 11.5 Å². The van der Waals surface area contributed by atoms with E-state index in [1.807, 2.05) is 48.5 Å². The maximum atomic E-state index is 9.42. The van der Waals surface area contributed by atoms with Gasteiger partial charge in [0.05, 0.1) is 18.3 Å². The third-order valence-electron chi connectivity index (χ3n) is 3.68. The Kier molecular flexibility index (Phi) is 3.98. The molecule has 0 bridgehead atoms. The van der Waals surface area contributed by atoms with Crippen molar-refractivity contribution in [2.45, 2.75) is 6.54 Å². The first-order chi connectivity index (χ1) is 11.2. The molecule has 3 rings (SSSR count). The molecule has 0 amide bonds. The summed E-state index contributed by atoms with van der Waals surface area (Å²) in [6.07, 6.45) is 0. The lowest BCUT2D eigenvalue weighted by atomic mass is 10.1. The number of nitriles is 1. The highest BCUT2D eigenvalue weighted by molar-refractivity contribution is 5.96. The van der Waals surface area contributed by atoms with Crippen molar-refractivity contribution in [2.24, 2.45) is 0 Å². The highest BCUT2D eigenvalue weighted by Crippen LogP contribution is 2.30. The van der Waals surface area contributed by atoms with E-state index in [9.17, 15) is 5.26 Å². The fourth-order valence-corrected chi connectivity index (χ4v) is 2.56. The number of hydrogen-bond donors (Lipinski definition) is 2. The summed E-state index contributed by atoms with van der Waals surface area (Å²) in [5.74, 6) is 1.03. The molecular formula is C18H16N4O. The topological polar surface area (TPSA) is 84.0 Å². The predicted octanol–water partition coefficient (Wildman–Crippen LogP) is 3.31. The van der Waals surface area contributed by atoms with Crippen LogP contribution in [0, 0.1) is 11.3 Å². The molecule has 0 saturated carbocycles. The second kappa shape index (κ2) is 6.24. The third-order valence-corrected chi connectivity index (χ3v) is 3.68. The van der Waals surface area contributed by atoms with Gasteiger partial charge in [-0.3, -0.25) is 0 Å². The number of hydrogen-bond acceptors (Lipinski definition) is 5. The molecule has 5 heteroatoms. The summed E-state index contributed by atoms with van der Waals surface area (Å²) in [5, 5.41) is 13.6. The summed E-state index contributed by atoms with van der Waals surface area (Å²) in [7, 11) is 1.64. The average Bonchev–Trinajstić information content (AvgIpc) is 2.59. The molecule has 3 aromatic rings. The maximum Gasteiger partial charge on any atom is 0.144 e. The zero-order valence-electron chi connectivity index (χ0n) is 12.7. The van der Waals surface area contributed by atoms with Gasteiger partial charge in [0.25, 0.3) is 0 Å². The van der Waals surface area contributed by atoms with Gasteiger partial charge >= 0.3 is 0 Å². The minimum Gasteiger partial charge on any atom is -0.496 e. The molecule has 0 radical (unpaired) electrons. The first-order valence-corrected chi connectivity index (χ1v) is 7.18. The van der Waals surface area contributed by atoms with Crippen LogP contribution in [0.2, 0.25) is 0 Å². The normalized spacial score (nSPS) is 10.3. The van der Waals surface area contributed by atoms with Crippen molar-refractivity contribution in [3.05, 3.63) is 59.7 Å². The molecular weight excluding hydrogens is 288 g/mol. The number of rotatable bonds is 4. The van der Waals surface area contributed by atoms with E-state index in [4.69, 9.17) is 10.5 Å². The molecule has 5 nitrogen and oxygen atoms in total. The van der Waals surface area contributed by atoms with Gasteiger partial charge in [-0.2, -0.15) is 5.26 Å². The van der Waals surface area contributed by atoms with Gasteiger partial charge in [-0.15, -0.1) is 0 Å². The lowest BCUT2D eigenvalue weighted by molar-refractivity contribution is 0.410. The van der Waals surface area contributed by atoms with Crippen molar-refractivity contribution < 1.29 is 4.74 Å². The van der Waals surface area contributed by atoms with E-state index < -0.39 is 0 Å². The number of nitrogens with two attached hydrogens (primary N) is 1. The number of anilines is 2. The van der Waals surface area contributed by atoms with Crippen LogP contribution in [0.3, 0.4) is 0 Å². The summed E-state index contributed by atoms with van der Waals surface area (Å²) in [4.78, 5) is 4.29. The number of nitrogen functional groups attached to an aromatic ring is 1. The van der Waals surface area contributed by atoms with Gasteiger partial charge in [0.1, 0.15) is 23.2 Å².